The zero-order chi connectivity index (χ0) is 11.4. The van der Waals surface area contributed by atoms with Gasteiger partial charge >= 0.3 is 5.97 Å². The van der Waals surface area contributed by atoms with Crippen molar-refractivity contribution in [3.63, 3.8) is 0 Å². The molecular weight excluding hydrogens is 188 g/mol. The molecule has 2 nitrogen and oxygen atoms in total. The smallest absolute Gasteiger partial charge is 0.309 e. The third kappa shape index (κ3) is 2.96. The maximum absolute atomic E-state index is 11.9. The minimum atomic E-state index is 0.0309. The summed E-state index contributed by atoms with van der Waals surface area (Å²) in [6, 6.07) is 0. The lowest BCUT2D eigenvalue weighted by Crippen LogP contribution is -2.37. The molecule has 1 rings (SSSR count). The maximum Gasteiger partial charge on any atom is 0.309 e. The number of hydrogen-bond acceptors (Lipinski definition) is 2. The van der Waals surface area contributed by atoms with Crippen molar-refractivity contribution in [2.24, 2.45) is 23.7 Å². The first-order valence-corrected chi connectivity index (χ1v) is 6.24. The molecule has 0 spiro atoms. The van der Waals surface area contributed by atoms with E-state index in [4.69, 9.17) is 4.74 Å². The highest BCUT2D eigenvalue weighted by atomic mass is 16.5. The number of esters is 1. The molecule has 0 heterocycles. The number of carbonyl (C=O) groups excluding carboxylic acids is 1. The van der Waals surface area contributed by atoms with Crippen LogP contribution in [0.15, 0.2) is 0 Å². The second-order valence-corrected chi connectivity index (χ2v) is 5.09. The fraction of sp³-hybridized carbons (Fsp3) is 0.923. The summed E-state index contributed by atoms with van der Waals surface area (Å²) in [5.74, 6) is 1.77. The highest BCUT2D eigenvalue weighted by Gasteiger charge is 2.38. The molecule has 0 radical (unpaired) electrons. The van der Waals surface area contributed by atoms with Gasteiger partial charge in [-0.1, -0.05) is 27.2 Å². The molecule has 1 saturated carbocycles. The highest BCUT2D eigenvalue weighted by molar-refractivity contribution is 5.73. The Hall–Kier alpha value is -0.530. The van der Waals surface area contributed by atoms with Crippen LogP contribution in [0.3, 0.4) is 0 Å². The lowest BCUT2D eigenvalue weighted by Gasteiger charge is -2.37. The van der Waals surface area contributed by atoms with E-state index < -0.39 is 0 Å². The van der Waals surface area contributed by atoms with Crippen LogP contribution in [0.4, 0.5) is 0 Å². The van der Waals surface area contributed by atoms with E-state index in [9.17, 15) is 4.79 Å². The van der Waals surface area contributed by atoms with Crippen LogP contribution < -0.4 is 0 Å². The van der Waals surface area contributed by atoms with E-state index in [1.165, 1.54) is 19.3 Å². The van der Waals surface area contributed by atoms with E-state index in [1.807, 2.05) is 6.92 Å². The summed E-state index contributed by atoms with van der Waals surface area (Å²) in [4.78, 5) is 11.9. The van der Waals surface area contributed by atoms with Crippen molar-refractivity contribution in [2.75, 3.05) is 6.61 Å². The molecule has 1 aliphatic rings. The molecule has 0 N–H and O–H groups in total. The summed E-state index contributed by atoms with van der Waals surface area (Å²) in [7, 11) is 0. The van der Waals surface area contributed by atoms with Crippen LogP contribution in [0.25, 0.3) is 0 Å². The molecule has 0 bridgehead atoms. The Balaban J connectivity index is 2.72. The average Bonchev–Trinajstić information content (AvgIpc) is 2.17. The molecule has 0 aromatic rings. The first kappa shape index (κ1) is 12.5. The molecule has 0 saturated heterocycles. The van der Waals surface area contributed by atoms with Crippen LogP contribution in [0.1, 0.15) is 47.0 Å². The standard InChI is InChI=1S/C13H24O2/c1-5-15-13(14)12-10(4)7-6-8-11(12)9(2)3/h9-12H,5-8H2,1-4H3. The van der Waals surface area contributed by atoms with E-state index in [-0.39, 0.29) is 11.9 Å². The minimum absolute atomic E-state index is 0.0309. The Kier molecular flexibility index (Phi) is 4.62. The van der Waals surface area contributed by atoms with E-state index in [0.29, 0.717) is 24.4 Å². The fourth-order valence-electron chi connectivity index (χ4n) is 2.85. The van der Waals surface area contributed by atoms with Crippen LogP contribution in [-0.4, -0.2) is 12.6 Å². The number of ether oxygens (including phenoxy) is 1. The first-order valence-electron chi connectivity index (χ1n) is 6.24. The van der Waals surface area contributed by atoms with Gasteiger partial charge in [0, 0.05) is 0 Å². The molecular formula is C13H24O2. The maximum atomic E-state index is 11.9. The van der Waals surface area contributed by atoms with Crippen molar-refractivity contribution in [3.05, 3.63) is 0 Å². The van der Waals surface area contributed by atoms with Gasteiger partial charge in [0.2, 0.25) is 0 Å². The van der Waals surface area contributed by atoms with E-state index in [0.717, 1.165) is 0 Å². The molecule has 88 valence electrons. The van der Waals surface area contributed by atoms with E-state index in [1.54, 1.807) is 0 Å². The zero-order valence-electron chi connectivity index (χ0n) is 10.5. The number of hydrogen-bond donors (Lipinski definition) is 0. The van der Waals surface area contributed by atoms with Gasteiger partial charge in [0.05, 0.1) is 12.5 Å². The Morgan fingerprint density at radius 3 is 2.60 bits per heavy atom. The summed E-state index contributed by atoms with van der Waals surface area (Å²) in [6.45, 7) is 9.02. The predicted molar refractivity (Wildman–Crippen MR) is 61.5 cm³/mol. The summed E-state index contributed by atoms with van der Waals surface area (Å²) >= 11 is 0. The number of rotatable bonds is 3. The van der Waals surface area contributed by atoms with Gasteiger partial charge in [-0.25, -0.2) is 0 Å². The highest BCUT2D eigenvalue weighted by Crippen LogP contribution is 2.39. The summed E-state index contributed by atoms with van der Waals surface area (Å²) < 4.78 is 5.19. The Labute approximate surface area is 93.4 Å². The molecule has 0 aliphatic heterocycles. The molecule has 0 aromatic carbocycles. The third-order valence-electron chi connectivity index (χ3n) is 3.69. The van der Waals surface area contributed by atoms with Crippen molar-refractivity contribution in [1.82, 2.24) is 0 Å². The van der Waals surface area contributed by atoms with Gasteiger partial charge in [-0.2, -0.15) is 0 Å². The average molecular weight is 212 g/mol. The van der Waals surface area contributed by atoms with Crippen molar-refractivity contribution >= 4 is 5.97 Å². The van der Waals surface area contributed by atoms with E-state index >= 15 is 0 Å². The van der Waals surface area contributed by atoms with Crippen molar-refractivity contribution in [2.45, 2.75) is 47.0 Å². The molecule has 15 heavy (non-hydrogen) atoms. The fourth-order valence-corrected chi connectivity index (χ4v) is 2.85. The molecule has 3 unspecified atom stereocenters. The van der Waals surface area contributed by atoms with Gasteiger partial charge in [-0.05, 0) is 37.5 Å². The molecule has 2 heteroatoms. The Bertz CT molecular complexity index is 211. The summed E-state index contributed by atoms with van der Waals surface area (Å²) in [5, 5.41) is 0. The Morgan fingerprint density at radius 1 is 1.40 bits per heavy atom. The second kappa shape index (κ2) is 5.53. The van der Waals surface area contributed by atoms with Gasteiger partial charge in [-0.15, -0.1) is 0 Å². The predicted octanol–water partition coefficient (Wildman–Crippen LogP) is 3.26. The zero-order valence-corrected chi connectivity index (χ0v) is 10.5. The molecule has 0 amide bonds. The monoisotopic (exact) mass is 212 g/mol. The first-order chi connectivity index (χ1) is 7.07. The van der Waals surface area contributed by atoms with Crippen LogP contribution in [0.5, 0.6) is 0 Å². The second-order valence-electron chi connectivity index (χ2n) is 5.09. The third-order valence-corrected chi connectivity index (χ3v) is 3.69. The van der Waals surface area contributed by atoms with Crippen LogP contribution in [-0.2, 0) is 9.53 Å². The van der Waals surface area contributed by atoms with Gasteiger partial charge in [0.25, 0.3) is 0 Å². The van der Waals surface area contributed by atoms with Gasteiger partial charge < -0.3 is 4.74 Å². The topological polar surface area (TPSA) is 26.3 Å². The minimum Gasteiger partial charge on any atom is -0.466 e. The summed E-state index contributed by atoms with van der Waals surface area (Å²) in [5.41, 5.74) is 0. The Morgan fingerprint density at radius 2 is 2.07 bits per heavy atom. The van der Waals surface area contributed by atoms with Crippen LogP contribution in [0, 0.1) is 23.7 Å². The SMILES string of the molecule is CCOC(=O)C1C(C)CCCC1C(C)C. The van der Waals surface area contributed by atoms with Crippen molar-refractivity contribution in [1.29, 1.82) is 0 Å². The lowest BCUT2D eigenvalue weighted by molar-refractivity contribution is -0.154. The van der Waals surface area contributed by atoms with E-state index in [2.05, 4.69) is 20.8 Å². The van der Waals surface area contributed by atoms with Gasteiger partial charge in [-0.3, -0.25) is 4.79 Å². The molecule has 3 atom stereocenters. The summed E-state index contributed by atoms with van der Waals surface area (Å²) in [6.07, 6.45) is 3.62. The lowest BCUT2D eigenvalue weighted by atomic mass is 9.68. The quantitative estimate of drug-likeness (QED) is 0.671. The molecule has 0 aromatic heterocycles. The molecule has 1 fully saturated rings. The number of carbonyl (C=O) groups is 1. The van der Waals surface area contributed by atoms with Crippen LogP contribution in [0.2, 0.25) is 0 Å². The normalized spacial score (nSPS) is 31.7. The van der Waals surface area contributed by atoms with Crippen LogP contribution >= 0.6 is 0 Å². The molecule has 1 aliphatic carbocycles. The van der Waals surface area contributed by atoms with Crippen molar-refractivity contribution in [3.8, 4) is 0 Å². The van der Waals surface area contributed by atoms with Crippen molar-refractivity contribution < 1.29 is 9.53 Å². The van der Waals surface area contributed by atoms with Gasteiger partial charge in [0.1, 0.15) is 0 Å². The largest absolute Gasteiger partial charge is 0.466 e. The van der Waals surface area contributed by atoms with Gasteiger partial charge in [0.15, 0.2) is 0 Å².